The van der Waals surface area contributed by atoms with Crippen LogP contribution < -0.4 is 0 Å². The zero-order valence-corrected chi connectivity index (χ0v) is 8.01. The number of hydrogen-bond acceptors (Lipinski definition) is 3. The van der Waals surface area contributed by atoms with Crippen molar-refractivity contribution in [2.24, 2.45) is 0 Å². The number of carboxylic acid groups (broad SMARTS) is 1. The maximum absolute atomic E-state index is 10.3. The fourth-order valence-corrected chi connectivity index (χ4v) is 1.02. The van der Waals surface area contributed by atoms with Gasteiger partial charge in [-0.1, -0.05) is 0 Å². The molecule has 0 unspecified atom stereocenters. The lowest BCUT2D eigenvalue weighted by Gasteiger charge is -2.10. The van der Waals surface area contributed by atoms with Gasteiger partial charge in [0.1, 0.15) is 0 Å². The Morgan fingerprint density at radius 2 is 2.21 bits per heavy atom. The van der Waals surface area contributed by atoms with Crippen molar-refractivity contribution in [2.75, 3.05) is 0 Å². The second-order valence-corrected chi connectivity index (χ2v) is 3.07. The minimum atomic E-state index is -0.841. The largest absolute Gasteiger partial charge is 0.481 e. The Morgan fingerprint density at radius 3 is 2.79 bits per heavy atom. The molecule has 76 valence electrons. The molecule has 1 aromatic heterocycles. The van der Waals surface area contributed by atoms with Gasteiger partial charge in [0, 0.05) is 12.4 Å². The zero-order chi connectivity index (χ0) is 10.4. The Labute approximate surface area is 82.5 Å². The van der Waals surface area contributed by atoms with Gasteiger partial charge in [-0.15, -0.1) is 0 Å². The topological polar surface area (TPSA) is 59.4 Å². The molecule has 0 aliphatic heterocycles. The lowest BCUT2D eigenvalue weighted by Crippen LogP contribution is -2.13. The first-order valence-electron chi connectivity index (χ1n) is 4.41. The number of hydrogen-bond donors (Lipinski definition) is 1. The van der Waals surface area contributed by atoms with Crippen LogP contribution in [0.1, 0.15) is 18.9 Å². The van der Waals surface area contributed by atoms with E-state index in [-0.39, 0.29) is 12.5 Å². The van der Waals surface area contributed by atoms with Crippen molar-refractivity contribution in [1.82, 2.24) is 4.98 Å². The predicted octanol–water partition coefficient (Wildman–Crippen LogP) is 1.46. The maximum atomic E-state index is 10.3. The van der Waals surface area contributed by atoms with Gasteiger partial charge in [0.15, 0.2) is 0 Å². The molecule has 1 aromatic rings. The van der Waals surface area contributed by atoms with Crippen molar-refractivity contribution in [2.45, 2.75) is 26.1 Å². The Bertz CT molecular complexity index is 287. The van der Waals surface area contributed by atoms with Gasteiger partial charge < -0.3 is 9.84 Å². The third-order valence-corrected chi connectivity index (χ3v) is 1.75. The quantitative estimate of drug-likeness (QED) is 0.772. The smallest absolute Gasteiger partial charge is 0.305 e. The molecule has 0 aliphatic carbocycles. The van der Waals surface area contributed by atoms with Gasteiger partial charge in [0.2, 0.25) is 0 Å². The molecule has 14 heavy (non-hydrogen) atoms. The molecule has 1 rings (SSSR count). The van der Waals surface area contributed by atoms with Gasteiger partial charge in [-0.3, -0.25) is 9.78 Å². The van der Waals surface area contributed by atoms with E-state index in [1.165, 1.54) is 0 Å². The second kappa shape index (κ2) is 5.34. The van der Waals surface area contributed by atoms with E-state index in [2.05, 4.69) is 4.98 Å². The molecule has 0 amide bonds. The highest BCUT2D eigenvalue weighted by Crippen LogP contribution is 2.04. The Balaban J connectivity index is 2.30. The van der Waals surface area contributed by atoms with E-state index in [0.717, 1.165) is 5.56 Å². The summed E-state index contributed by atoms with van der Waals surface area (Å²) in [5.41, 5.74) is 0.997. The molecule has 0 radical (unpaired) electrons. The Hall–Kier alpha value is -1.42. The van der Waals surface area contributed by atoms with Crippen LogP contribution in [0.4, 0.5) is 0 Å². The predicted molar refractivity (Wildman–Crippen MR) is 50.7 cm³/mol. The molecule has 4 heteroatoms. The SMILES string of the molecule is C[C@H](CC(=O)O)OCc1ccncc1. The first-order chi connectivity index (χ1) is 6.68. The summed E-state index contributed by atoms with van der Waals surface area (Å²) in [4.78, 5) is 14.2. The molecule has 1 N–H and O–H groups in total. The van der Waals surface area contributed by atoms with Gasteiger partial charge >= 0.3 is 5.97 Å². The van der Waals surface area contributed by atoms with Crippen LogP contribution >= 0.6 is 0 Å². The van der Waals surface area contributed by atoms with Crippen molar-refractivity contribution in [3.8, 4) is 0 Å². The number of carbonyl (C=O) groups is 1. The minimum absolute atomic E-state index is 0.0328. The monoisotopic (exact) mass is 195 g/mol. The van der Waals surface area contributed by atoms with E-state index in [1.807, 2.05) is 12.1 Å². The number of rotatable bonds is 5. The number of aliphatic carboxylic acids is 1. The van der Waals surface area contributed by atoms with Crippen LogP contribution in [0, 0.1) is 0 Å². The molecule has 0 aliphatic rings. The van der Waals surface area contributed by atoms with Crippen molar-refractivity contribution in [3.05, 3.63) is 30.1 Å². The van der Waals surface area contributed by atoms with Gasteiger partial charge in [-0.05, 0) is 24.6 Å². The van der Waals surface area contributed by atoms with Crippen molar-refractivity contribution in [3.63, 3.8) is 0 Å². The molecule has 0 aromatic carbocycles. The number of aromatic nitrogens is 1. The van der Waals surface area contributed by atoms with Crippen LogP contribution in [0.2, 0.25) is 0 Å². The summed E-state index contributed by atoms with van der Waals surface area (Å²) in [6.07, 6.45) is 3.13. The van der Waals surface area contributed by atoms with E-state index >= 15 is 0 Å². The van der Waals surface area contributed by atoms with Crippen molar-refractivity contribution >= 4 is 5.97 Å². The molecule has 0 bridgehead atoms. The summed E-state index contributed by atoms with van der Waals surface area (Å²) in [7, 11) is 0. The van der Waals surface area contributed by atoms with Crippen LogP contribution in [-0.2, 0) is 16.1 Å². The Kier molecular flexibility index (Phi) is 4.07. The van der Waals surface area contributed by atoms with Crippen LogP contribution in [0.5, 0.6) is 0 Å². The molecule has 0 spiro atoms. The van der Waals surface area contributed by atoms with Gasteiger partial charge in [0.25, 0.3) is 0 Å². The van der Waals surface area contributed by atoms with Crippen molar-refractivity contribution in [1.29, 1.82) is 0 Å². The summed E-state index contributed by atoms with van der Waals surface area (Å²) in [6, 6.07) is 3.68. The summed E-state index contributed by atoms with van der Waals surface area (Å²) in [5.74, 6) is -0.841. The van der Waals surface area contributed by atoms with Crippen LogP contribution in [0.15, 0.2) is 24.5 Å². The summed E-state index contributed by atoms with van der Waals surface area (Å²) in [6.45, 7) is 2.17. The van der Waals surface area contributed by atoms with E-state index in [4.69, 9.17) is 9.84 Å². The van der Waals surface area contributed by atoms with E-state index in [9.17, 15) is 4.79 Å². The highest BCUT2D eigenvalue weighted by molar-refractivity contribution is 5.67. The molecule has 0 saturated heterocycles. The second-order valence-electron chi connectivity index (χ2n) is 3.07. The molecule has 0 saturated carbocycles. The average molecular weight is 195 g/mol. The molecule has 1 heterocycles. The average Bonchev–Trinajstić information content (AvgIpc) is 2.15. The molecule has 4 nitrogen and oxygen atoms in total. The van der Waals surface area contributed by atoms with Crippen molar-refractivity contribution < 1.29 is 14.6 Å². The van der Waals surface area contributed by atoms with Crippen LogP contribution in [-0.4, -0.2) is 22.2 Å². The van der Waals surface area contributed by atoms with E-state index in [1.54, 1.807) is 19.3 Å². The van der Waals surface area contributed by atoms with Gasteiger partial charge in [0.05, 0.1) is 19.1 Å². The number of pyridine rings is 1. The summed E-state index contributed by atoms with van der Waals surface area (Å²) in [5, 5.41) is 8.49. The minimum Gasteiger partial charge on any atom is -0.481 e. The number of carboxylic acids is 1. The standard InChI is InChI=1S/C10H13NO3/c1-8(6-10(12)13)14-7-9-2-4-11-5-3-9/h2-5,8H,6-7H2,1H3,(H,12,13)/t8-/m1/s1. The maximum Gasteiger partial charge on any atom is 0.305 e. The zero-order valence-electron chi connectivity index (χ0n) is 8.01. The highest BCUT2D eigenvalue weighted by atomic mass is 16.5. The molecule has 0 fully saturated rings. The van der Waals surface area contributed by atoms with Gasteiger partial charge in [-0.25, -0.2) is 0 Å². The number of ether oxygens (including phenoxy) is 1. The first kappa shape index (κ1) is 10.7. The van der Waals surface area contributed by atoms with Crippen LogP contribution in [0.25, 0.3) is 0 Å². The summed E-state index contributed by atoms with van der Waals surface area (Å²) < 4.78 is 5.33. The lowest BCUT2D eigenvalue weighted by molar-refractivity contribution is -0.140. The lowest BCUT2D eigenvalue weighted by atomic mass is 10.2. The fraction of sp³-hybridized carbons (Fsp3) is 0.400. The molecular weight excluding hydrogens is 182 g/mol. The fourth-order valence-electron chi connectivity index (χ4n) is 1.02. The van der Waals surface area contributed by atoms with E-state index < -0.39 is 5.97 Å². The molecule has 1 atom stereocenters. The van der Waals surface area contributed by atoms with E-state index in [0.29, 0.717) is 6.61 Å². The Morgan fingerprint density at radius 1 is 1.57 bits per heavy atom. The normalized spacial score (nSPS) is 12.4. The van der Waals surface area contributed by atoms with Gasteiger partial charge in [-0.2, -0.15) is 0 Å². The first-order valence-corrected chi connectivity index (χ1v) is 4.41. The third kappa shape index (κ3) is 4.00. The van der Waals surface area contributed by atoms with Crippen LogP contribution in [0.3, 0.4) is 0 Å². The summed E-state index contributed by atoms with van der Waals surface area (Å²) >= 11 is 0. The highest BCUT2D eigenvalue weighted by Gasteiger charge is 2.07. The number of nitrogens with zero attached hydrogens (tertiary/aromatic N) is 1. The third-order valence-electron chi connectivity index (χ3n) is 1.75. The molecular formula is C10H13NO3.